The third-order valence-corrected chi connectivity index (χ3v) is 3.81. The molecule has 0 aliphatic carbocycles. The number of hydrogen-bond donors (Lipinski definition) is 3. The van der Waals surface area contributed by atoms with Crippen LogP contribution in [0.15, 0.2) is 34.8 Å². The lowest BCUT2D eigenvalue weighted by Gasteiger charge is -2.10. The second kappa shape index (κ2) is 6.67. The first-order valence-corrected chi connectivity index (χ1v) is 7.17. The minimum absolute atomic E-state index is 0.173. The molecule has 1 heterocycles. The second-order valence-corrected chi connectivity index (χ2v) is 5.32. The van der Waals surface area contributed by atoms with Crippen LogP contribution in [0.4, 0.5) is 0 Å². The Bertz CT molecular complexity index is 582. The summed E-state index contributed by atoms with van der Waals surface area (Å²) in [6.07, 6.45) is 0. The number of amides is 1. The number of carbonyl (C=O) groups excluding carboxylic acids is 1. The molecule has 0 bridgehead atoms. The van der Waals surface area contributed by atoms with Gasteiger partial charge in [0, 0.05) is 18.2 Å². The molecule has 0 fully saturated rings. The van der Waals surface area contributed by atoms with Crippen molar-refractivity contribution in [3.63, 3.8) is 0 Å². The largest absolute Gasteiger partial charge is 0.349 e. The van der Waals surface area contributed by atoms with Crippen LogP contribution in [0.3, 0.4) is 0 Å². The zero-order valence-corrected chi connectivity index (χ0v) is 13.0. The van der Waals surface area contributed by atoms with Gasteiger partial charge in [-0.25, -0.2) is 0 Å². The first kappa shape index (κ1) is 14.7. The molecular weight excluding hydrogens is 320 g/mol. The van der Waals surface area contributed by atoms with Gasteiger partial charge in [0.1, 0.15) is 11.4 Å². The average Bonchev–Trinajstić information content (AvgIpc) is 2.87. The molecule has 1 unspecified atom stereocenters. The Labute approximate surface area is 126 Å². The topological polar surface area (TPSA) is 69.8 Å². The van der Waals surface area contributed by atoms with E-state index in [1.807, 2.05) is 44.3 Å². The van der Waals surface area contributed by atoms with Crippen molar-refractivity contribution in [2.45, 2.75) is 13.0 Å². The normalized spacial score (nSPS) is 12.2. The highest BCUT2D eigenvalue weighted by Crippen LogP contribution is 2.28. The maximum atomic E-state index is 12.1. The molecule has 2 rings (SSSR count). The van der Waals surface area contributed by atoms with Gasteiger partial charge < -0.3 is 10.6 Å². The van der Waals surface area contributed by atoms with Gasteiger partial charge in [-0.3, -0.25) is 9.89 Å². The van der Waals surface area contributed by atoms with E-state index in [2.05, 4.69) is 36.8 Å². The van der Waals surface area contributed by atoms with Crippen LogP contribution in [0.2, 0.25) is 0 Å². The van der Waals surface area contributed by atoms with Crippen molar-refractivity contribution in [2.24, 2.45) is 0 Å². The molecule has 0 aliphatic rings. The average molecular weight is 337 g/mol. The highest BCUT2D eigenvalue weighted by Gasteiger charge is 2.18. The van der Waals surface area contributed by atoms with E-state index in [1.54, 1.807) is 0 Å². The summed E-state index contributed by atoms with van der Waals surface area (Å²) in [5, 5.41) is 12.9. The van der Waals surface area contributed by atoms with E-state index in [0.717, 1.165) is 11.3 Å². The zero-order chi connectivity index (χ0) is 14.5. The SMILES string of the molecule is CNC(C)CNC(=O)c1[nH]nc(-c2ccccc2)c1Br. The van der Waals surface area contributed by atoms with Gasteiger partial charge in [0.05, 0.1) is 4.47 Å². The third-order valence-electron chi connectivity index (χ3n) is 3.04. The van der Waals surface area contributed by atoms with E-state index < -0.39 is 0 Å². The highest BCUT2D eigenvalue weighted by atomic mass is 79.9. The van der Waals surface area contributed by atoms with E-state index in [9.17, 15) is 4.79 Å². The molecule has 2 aromatic rings. The fourth-order valence-electron chi connectivity index (χ4n) is 1.70. The monoisotopic (exact) mass is 336 g/mol. The summed E-state index contributed by atoms with van der Waals surface area (Å²) in [6.45, 7) is 2.55. The van der Waals surface area contributed by atoms with Gasteiger partial charge in [0.25, 0.3) is 5.91 Å². The maximum absolute atomic E-state index is 12.1. The smallest absolute Gasteiger partial charge is 0.270 e. The van der Waals surface area contributed by atoms with Crippen LogP contribution in [-0.2, 0) is 0 Å². The lowest BCUT2D eigenvalue weighted by molar-refractivity contribution is 0.0945. The van der Waals surface area contributed by atoms with E-state index in [1.165, 1.54) is 0 Å². The van der Waals surface area contributed by atoms with Gasteiger partial charge in [-0.15, -0.1) is 0 Å². The second-order valence-electron chi connectivity index (χ2n) is 4.53. The fraction of sp³-hybridized carbons (Fsp3) is 0.286. The van der Waals surface area contributed by atoms with E-state index in [-0.39, 0.29) is 11.9 Å². The Balaban J connectivity index is 2.15. The molecule has 6 heteroatoms. The zero-order valence-electron chi connectivity index (χ0n) is 11.4. The van der Waals surface area contributed by atoms with Crippen LogP contribution in [0.1, 0.15) is 17.4 Å². The fourth-order valence-corrected chi connectivity index (χ4v) is 2.29. The minimum atomic E-state index is -0.173. The molecule has 0 spiro atoms. The molecule has 1 amide bonds. The molecule has 0 saturated heterocycles. The number of nitrogens with one attached hydrogen (secondary N) is 3. The molecule has 1 aromatic heterocycles. The summed E-state index contributed by atoms with van der Waals surface area (Å²) in [5.41, 5.74) is 2.13. The molecule has 0 radical (unpaired) electrons. The van der Waals surface area contributed by atoms with E-state index >= 15 is 0 Å². The minimum Gasteiger partial charge on any atom is -0.349 e. The Morgan fingerprint density at radius 2 is 2.10 bits per heavy atom. The van der Waals surface area contributed by atoms with Crippen molar-refractivity contribution >= 4 is 21.8 Å². The van der Waals surface area contributed by atoms with Crippen molar-refractivity contribution in [1.29, 1.82) is 0 Å². The van der Waals surface area contributed by atoms with Crippen LogP contribution in [0.5, 0.6) is 0 Å². The first-order chi connectivity index (χ1) is 9.63. The third kappa shape index (κ3) is 3.26. The quantitative estimate of drug-likeness (QED) is 0.783. The Morgan fingerprint density at radius 1 is 1.40 bits per heavy atom. The van der Waals surface area contributed by atoms with Crippen molar-refractivity contribution in [2.75, 3.05) is 13.6 Å². The predicted molar refractivity (Wildman–Crippen MR) is 82.6 cm³/mol. The van der Waals surface area contributed by atoms with Crippen LogP contribution in [-0.4, -0.2) is 35.7 Å². The number of likely N-dealkylation sites (N-methyl/N-ethyl adjacent to an activating group) is 1. The Kier molecular flexibility index (Phi) is 4.92. The number of carbonyl (C=O) groups is 1. The number of H-pyrrole nitrogens is 1. The van der Waals surface area contributed by atoms with Gasteiger partial charge >= 0.3 is 0 Å². The van der Waals surface area contributed by atoms with Crippen molar-refractivity contribution in [3.05, 3.63) is 40.5 Å². The number of nitrogens with zero attached hydrogens (tertiary/aromatic N) is 1. The van der Waals surface area contributed by atoms with Crippen LogP contribution in [0, 0.1) is 0 Å². The van der Waals surface area contributed by atoms with E-state index in [4.69, 9.17) is 0 Å². The summed E-state index contributed by atoms with van der Waals surface area (Å²) in [5.74, 6) is -0.173. The van der Waals surface area contributed by atoms with Crippen molar-refractivity contribution in [3.8, 4) is 11.3 Å². The van der Waals surface area contributed by atoms with Crippen LogP contribution in [0.25, 0.3) is 11.3 Å². The first-order valence-electron chi connectivity index (χ1n) is 6.38. The Morgan fingerprint density at radius 3 is 2.75 bits per heavy atom. The number of rotatable bonds is 5. The standard InChI is InChI=1S/C14H17BrN4O/c1-9(16-2)8-17-14(20)13-11(15)12(18-19-13)10-6-4-3-5-7-10/h3-7,9,16H,8H2,1-2H3,(H,17,20)(H,18,19). The van der Waals surface area contributed by atoms with Gasteiger partial charge in [-0.05, 0) is 29.9 Å². The number of aromatic nitrogens is 2. The highest BCUT2D eigenvalue weighted by molar-refractivity contribution is 9.10. The van der Waals surface area contributed by atoms with Gasteiger partial charge in [-0.1, -0.05) is 30.3 Å². The lowest BCUT2D eigenvalue weighted by atomic mass is 10.1. The molecule has 5 nitrogen and oxygen atoms in total. The predicted octanol–water partition coefficient (Wildman–Crippen LogP) is 2.18. The summed E-state index contributed by atoms with van der Waals surface area (Å²) in [4.78, 5) is 12.1. The van der Waals surface area contributed by atoms with E-state index in [0.29, 0.717) is 16.7 Å². The molecule has 20 heavy (non-hydrogen) atoms. The molecule has 0 aliphatic heterocycles. The number of halogens is 1. The lowest BCUT2D eigenvalue weighted by Crippen LogP contribution is -2.37. The number of benzene rings is 1. The molecule has 1 aromatic carbocycles. The van der Waals surface area contributed by atoms with Crippen molar-refractivity contribution in [1.82, 2.24) is 20.8 Å². The molecular formula is C14H17BrN4O. The molecule has 106 valence electrons. The molecule has 0 saturated carbocycles. The number of aromatic amines is 1. The van der Waals surface area contributed by atoms with Crippen molar-refractivity contribution < 1.29 is 4.79 Å². The summed E-state index contributed by atoms with van der Waals surface area (Å²) >= 11 is 3.44. The summed E-state index contributed by atoms with van der Waals surface area (Å²) in [7, 11) is 1.86. The Hall–Kier alpha value is -1.66. The number of hydrogen-bond acceptors (Lipinski definition) is 3. The molecule has 3 N–H and O–H groups in total. The van der Waals surface area contributed by atoms with Crippen LogP contribution >= 0.6 is 15.9 Å². The maximum Gasteiger partial charge on any atom is 0.270 e. The van der Waals surface area contributed by atoms with Gasteiger partial charge in [0.2, 0.25) is 0 Å². The van der Waals surface area contributed by atoms with Crippen LogP contribution < -0.4 is 10.6 Å². The van der Waals surface area contributed by atoms with Gasteiger partial charge in [0.15, 0.2) is 0 Å². The molecule has 1 atom stereocenters. The summed E-state index contributed by atoms with van der Waals surface area (Å²) in [6, 6.07) is 9.93. The van der Waals surface area contributed by atoms with Gasteiger partial charge in [-0.2, -0.15) is 5.10 Å². The summed E-state index contributed by atoms with van der Waals surface area (Å²) < 4.78 is 0.679.